The van der Waals surface area contributed by atoms with Crippen LogP contribution in [0.4, 0.5) is 0 Å². The van der Waals surface area contributed by atoms with E-state index in [-0.39, 0.29) is 0 Å². The van der Waals surface area contributed by atoms with Gasteiger partial charge in [0, 0.05) is 11.9 Å². The minimum absolute atomic E-state index is 0.738. The molecule has 2 aromatic rings. The van der Waals surface area contributed by atoms with Gasteiger partial charge in [-0.2, -0.15) is 0 Å². The van der Waals surface area contributed by atoms with E-state index >= 15 is 0 Å². The quantitative estimate of drug-likeness (QED) is 0.842. The second-order valence-corrected chi connectivity index (χ2v) is 6.01. The second kappa shape index (κ2) is 6.31. The van der Waals surface area contributed by atoms with E-state index in [1.165, 1.54) is 43.6 Å². The van der Waals surface area contributed by atoms with E-state index in [1.54, 1.807) is 11.3 Å². The van der Waals surface area contributed by atoms with Gasteiger partial charge >= 0.3 is 0 Å². The Morgan fingerprint density at radius 2 is 2.05 bits per heavy atom. The van der Waals surface area contributed by atoms with Gasteiger partial charge < -0.3 is 0 Å². The summed E-state index contributed by atoms with van der Waals surface area (Å²) in [6.07, 6.45) is 3.88. The normalized spacial score (nSPS) is 21.2. The number of likely N-dealkylation sites (tertiary alicyclic amines) is 1. The summed E-state index contributed by atoms with van der Waals surface area (Å²) in [4.78, 5) is 6.95. The Bertz CT molecular complexity index is 481. The molecule has 3 rings (SSSR count). The molecule has 1 aromatic carbocycles. The monoisotopic (exact) mass is 272 g/mol. The van der Waals surface area contributed by atoms with Crippen LogP contribution in [0.15, 0.2) is 41.2 Å². The van der Waals surface area contributed by atoms with Gasteiger partial charge in [0.05, 0.1) is 11.2 Å². The molecular formula is C16H20N2S. The third-order valence-electron chi connectivity index (χ3n) is 3.96. The number of benzene rings is 1. The molecule has 0 amide bonds. The topological polar surface area (TPSA) is 16.1 Å². The van der Waals surface area contributed by atoms with Gasteiger partial charge in [0.2, 0.25) is 0 Å². The number of hydrogen-bond donors (Lipinski definition) is 0. The van der Waals surface area contributed by atoms with Gasteiger partial charge in [0.1, 0.15) is 0 Å². The van der Waals surface area contributed by atoms with Crippen molar-refractivity contribution in [2.24, 2.45) is 0 Å². The summed E-state index contributed by atoms with van der Waals surface area (Å²) >= 11 is 1.69. The molecule has 0 spiro atoms. The van der Waals surface area contributed by atoms with Gasteiger partial charge in [-0.3, -0.25) is 4.90 Å². The summed E-state index contributed by atoms with van der Waals surface area (Å²) in [5, 5.41) is 2.17. The zero-order chi connectivity index (χ0) is 12.9. The van der Waals surface area contributed by atoms with E-state index in [9.17, 15) is 0 Å². The van der Waals surface area contributed by atoms with E-state index in [0.717, 1.165) is 12.5 Å². The van der Waals surface area contributed by atoms with Crippen molar-refractivity contribution in [3.8, 4) is 0 Å². The summed E-state index contributed by atoms with van der Waals surface area (Å²) < 4.78 is 0. The third kappa shape index (κ3) is 3.43. The Balaban J connectivity index is 1.60. The molecule has 0 N–H and O–H groups in total. The van der Waals surface area contributed by atoms with E-state index in [4.69, 9.17) is 0 Å². The molecule has 1 saturated heterocycles. The molecule has 3 heteroatoms. The molecule has 0 bridgehead atoms. The van der Waals surface area contributed by atoms with Crippen molar-refractivity contribution in [3.63, 3.8) is 0 Å². The molecule has 2 heterocycles. The van der Waals surface area contributed by atoms with Crippen molar-refractivity contribution in [2.45, 2.75) is 31.7 Å². The Labute approximate surface area is 119 Å². The smallest absolute Gasteiger partial charge is 0.0795 e. The number of rotatable bonds is 3. The van der Waals surface area contributed by atoms with E-state index in [0.29, 0.717) is 0 Å². The van der Waals surface area contributed by atoms with Crippen LogP contribution in [0, 0.1) is 0 Å². The molecule has 1 aliphatic heterocycles. The maximum Gasteiger partial charge on any atom is 0.0795 e. The average molecular weight is 272 g/mol. The Hall–Kier alpha value is -1.19. The standard InChI is InChI=1S/C16H20N2S/c1-2-5-14(6-3-1)15-7-4-9-18(10-8-15)11-16-12-19-13-17-16/h1-3,5-6,12-13,15H,4,7-11H2/t15-/m1/s1. The van der Waals surface area contributed by atoms with Crippen molar-refractivity contribution in [1.82, 2.24) is 9.88 Å². The highest BCUT2D eigenvalue weighted by atomic mass is 32.1. The highest BCUT2D eigenvalue weighted by molar-refractivity contribution is 7.07. The van der Waals surface area contributed by atoms with Crippen LogP contribution in [0.5, 0.6) is 0 Å². The van der Waals surface area contributed by atoms with Crippen molar-refractivity contribution in [3.05, 3.63) is 52.5 Å². The van der Waals surface area contributed by atoms with Gasteiger partial charge in [-0.1, -0.05) is 30.3 Å². The molecule has 1 aromatic heterocycles. The van der Waals surface area contributed by atoms with Crippen LogP contribution in [0.3, 0.4) is 0 Å². The minimum Gasteiger partial charge on any atom is -0.297 e. The molecule has 100 valence electrons. The van der Waals surface area contributed by atoms with Crippen LogP contribution in [0.25, 0.3) is 0 Å². The first-order chi connectivity index (χ1) is 9.42. The van der Waals surface area contributed by atoms with Crippen LogP contribution in [0.1, 0.15) is 36.4 Å². The lowest BCUT2D eigenvalue weighted by Gasteiger charge is -2.19. The summed E-state index contributed by atoms with van der Waals surface area (Å²) in [5.74, 6) is 0.738. The number of aromatic nitrogens is 1. The van der Waals surface area contributed by atoms with Gasteiger partial charge in [-0.25, -0.2) is 4.98 Å². The predicted octanol–water partition coefficient (Wildman–Crippen LogP) is 3.91. The number of nitrogens with zero attached hydrogens (tertiary/aromatic N) is 2. The van der Waals surface area contributed by atoms with Crippen LogP contribution in [0.2, 0.25) is 0 Å². The first-order valence-electron chi connectivity index (χ1n) is 7.06. The fourth-order valence-electron chi connectivity index (χ4n) is 2.92. The Kier molecular flexibility index (Phi) is 4.26. The molecule has 1 aliphatic rings. The summed E-state index contributed by atoms with van der Waals surface area (Å²) in [5.41, 5.74) is 4.67. The summed E-state index contributed by atoms with van der Waals surface area (Å²) in [6.45, 7) is 3.42. The van der Waals surface area contributed by atoms with Crippen LogP contribution in [-0.4, -0.2) is 23.0 Å². The van der Waals surface area contributed by atoms with Crippen molar-refractivity contribution >= 4 is 11.3 Å². The van der Waals surface area contributed by atoms with E-state index in [2.05, 4.69) is 45.6 Å². The highest BCUT2D eigenvalue weighted by Crippen LogP contribution is 2.28. The number of thiazole rings is 1. The van der Waals surface area contributed by atoms with Crippen LogP contribution >= 0.6 is 11.3 Å². The van der Waals surface area contributed by atoms with Crippen molar-refractivity contribution in [2.75, 3.05) is 13.1 Å². The fraction of sp³-hybridized carbons (Fsp3) is 0.438. The van der Waals surface area contributed by atoms with Crippen molar-refractivity contribution in [1.29, 1.82) is 0 Å². The lowest BCUT2D eigenvalue weighted by atomic mass is 9.92. The van der Waals surface area contributed by atoms with Gasteiger partial charge in [0.25, 0.3) is 0 Å². The number of hydrogen-bond acceptors (Lipinski definition) is 3. The average Bonchev–Trinajstić information content (AvgIpc) is 2.85. The Morgan fingerprint density at radius 3 is 2.84 bits per heavy atom. The molecule has 1 fully saturated rings. The zero-order valence-electron chi connectivity index (χ0n) is 11.2. The molecular weight excluding hydrogens is 252 g/mol. The molecule has 0 aliphatic carbocycles. The second-order valence-electron chi connectivity index (χ2n) is 5.29. The SMILES string of the molecule is c1ccc([C@@H]2CCCN(Cc3cscn3)CC2)cc1. The zero-order valence-corrected chi connectivity index (χ0v) is 12.0. The maximum absolute atomic E-state index is 4.39. The maximum atomic E-state index is 4.39. The summed E-state index contributed by atoms with van der Waals surface area (Å²) in [6, 6.07) is 11.0. The summed E-state index contributed by atoms with van der Waals surface area (Å²) in [7, 11) is 0. The fourth-order valence-corrected chi connectivity index (χ4v) is 3.47. The van der Waals surface area contributed by atoms with Gasteiger partial charge in [0.15, 0.2) is 0 Å². The van der Waals surface area contributed by atoms with Gasteiger partial charge in [-0.15, -0.1) is 11.3 Å². The van der Waals surface area contributed by atoms with Crippen LogP contribution < -0.4 is 0 Å². The molecule has 0 radical (unpaired) electrons. The molecule has 0 saturated carbocycles. The van der Waals surface area contributed by atoms with Crippen LogP contribution in [-0.2, 0) is 6.54 Å². The lowest BCUT2D eigenvalue weighted by molar-refractivity contribution is 0.273. The van der Waals surface area contributed by atoms with Gasteiger partial charge in [-0.05, 0) is 43.8 Å². The Morgan fingerprint density at radius 1 is 1.16 bits per heavy atom. The van der Waals surface area contributed by atoms with E-state index in [1.807, 2.05) is 5.51 Å². The first-order valence-corrected chi connectivity index (χ1v) is 8.00. The lowest BCUT2D eigenvalue weighted by Crippen LogP contribution is -2.24. The van der Waals surface area contributed by atoms with E-state index < -0.39 is 0 Å². The first kappa shape index (κ1) is 12.8. The molecule has 1 atom stereocenters. The highest BCUT2D eigenvalue weighted by Gasteiger charge is 2.18. The molecule has 2 nitrogen and oxygen atoms in total. The minimum atomic E-state index is 0.738. The molecule has 0 unspecified atom stereocenters. The third-order valence-corrected chi connectivity index (χ3v) is 4.60. The van der Waals surface area contributed by atoms with Crippen molar-refractivity contribution < 1.29 is 0 Å². The largest absolute Gasteiger partial charge is 0.297 e. The predicted molar refractivity (Wildman–Crippen MR) is 80.4 cm³/mol. The molecule has 19 heavy (non-hydrogen) atoms.